The molecule has 9 nitrogen and oxygen atoms in total. The molecule has 0 radical (unpaired) electrons. The SMILES string of the molecule is C.C#C[Si](C)(C)C.C#Cc1cnn(C)c1.Cn1cc(C#C[Si](C)(C)C)cn1.Cn1cc(I)cn1.F.O=CO[O-].[H-].[K+].[K+]. The van der Waals surface area contributed by atoms with Crippen molar-refractivity contribution in [2.75, 3.05) is 0 Å². The molecule has 0 saturated heterocycles. The molecule has 0 aromatic carbocycles. The Hall–Kier alpha value is 0.106. The van der Waals surface area contributed by atoms with Crippen molar-refractivity contribution < 1.29 is 124 Å². The van der Waals surface area contributed by atoms with Gasteiger partial charge in [0.1, 0.15) is 16.1 Å². The third-order valence-corrected chi connectivity index (χ3v) is 5.60. The number of aromatic nitrogens is 6. The van der Waals surface area contributed by atoms with Gasteiger partial charge in [-0.2, -0.15) is 15.3 Å². The van der Waals surface area contributed by atoms with Crippen molar-refractivity contribution in [2.45, 2.75) is 46.7 Å². The van der Waals surface area contributed by atoms with E-state index in [1.807, 2.05) is 39.7 Å². The van der Waals surface area contributed by atoms with Crippen LogP contribution in [0.15, 0.2) is 37.2 Å². The van der Waals surface area contributed by atoms with Crippen LogP contribution in [0.1, 0.15) is 20.0 Å². The first kappa shape index (κ1) is 53.6. The van der Waals surface area contributed by atoms with E-state index in [9.17, 15) is 0 Å². The first-order valence-corrected chi connectivity index (χ1v) is 19.0. The normalized spacial score (nSPS) is 8.41. The van der Waals surface area contributed by atoms with Crippen LogP contribution < -0.4 is 108 Å². The summed E-state index contributed by atoms with van der Waals surface area (Å²) in [6.45, 7) is 13.0. The van der Waals surface area contributed by atoms with Crippen LogP contribution in [0.5, 0.6) is 0 Å². The zero-order valence-corrected chi connectivity index (χ0v) is 35.8. The van der Waals surface area contributed by atoms with Crippen LogP contribution in [0.3, 0.4) is 0 Å². The molecule has 41 heavy (non-hydrogen) atoms. The largest absolute Gasteiger partial charge is 1.00 e. The van der Waals surface area contributed by atoms with E-state index >= 15 is 0 Å². The van der Waals surface area contributed by atoms with Crippen molar-refractivity contribution in [2.24, 2.45) is 21.1 Å². The van der Waals surface area contributed by atoms with Crippen LogP contribution in [0.2, 0.25) is 39.3 Å². The molecule has 0 fully saturated rings. The van der Waals surface area contributed by atoms with Gasteiger partial charge in [-0.25, -0.2) is 0 Å². The molecular weight excluding hydrogens is 725 g/mol. The van der Waals surface area contributed by atoms with Gasteiger partial charge in [0.15, 0.2) is 0 Å². The summed E-state index contributed by atoms with van der Waals surface area (Å²) in [6, 6.07) is 0. The molecule has 3 aromatic heterocycles. The van der Waals surface area contributed by atoms with E-state index in [-0.39, 0.29) is 123 Å². The number of terminal acetylenes is 2. The maximum atomic E-state index is 8.64. The smallest absolute Gasteiger partial charge is 1.00 e. The van der Waals surface area contributed by atoms with Crippen LogP contribution in [0, 0.1) is 39.3 Å². The second kappa shape index (κ2) is 30.1. The first-order chi connectivity index (χ1) is 17.1. The van der Waals surface area contributed by atoms with Crippen molar-refractivity contribution in [1.82, 2.24) is 29.3 Å². The molecule has 0 amide bonds. The number of nitrogens with zero attached hydrogens (tertiary/aromatic N) is 6. The van der Waals surface area contributed by atoms with Gasteiger partial charge in [0.2, 0.25) is 0 Å². The van der Waals surface area contributed by atoms with E-state index in [0.29, 0.717) is 0 Å². The topological polar surface area (TPSA) is 103 Å². The number of hydrogen-bond donors (Lipinski definition) is 0. The summed E-state index contributed by atoms with van der Waals surface area (Å²) in [6.07, 6.45) is 21.1. The zero-order chi connectivity index (χ0) is 29.1. The van der Waals surface area contributed by atoms with Gasteiger partial charge in [0.25, 0.3) is 6.47 Å². The molecular formula is C26H42FIK2N6O3Si2. The molecule has 15 heteroatoms. The van der Waals surface area contributed by atoms with Gasteiger partial charge < -0.3 is 11.6 Å². The summed E-state index contributed by atoms with van der Waals surface area (Å²) in [5.74, 6) is 5.60. The van der Waals surface area contributed by atoms with Gasteiger partial charge >= 0.3 is 103 Å². The van der Waals surface area contributed by atoms with Gasteiger partial charge in [-0.05, 0) is 22.6 Å². The minimum atomic E-state index is -1.23. The average molecular weight is 767 g/mol. The molecule has 0 aliphatic rings. The Morgan fingerprint density at radius 3 is 1.41 bits per heavy atom. The molecule has 3 aromatic rings. The average Bonchev–Trinajstić information content (AvgIpc) is 3.54. The molecule has 0 aliphatic carbocycles. The first-order valence-electron chi connectivity index (χ1n) is 10.9. The maximum Gasteiger partial charge on any atom is 1.00 e. The molecule has 0 unspecified atom stereocenters. The van der Waals surface area contributed by atoms with Crippen LogP contribution in [0.4, 0.5) is 4.70 Å². The number of hydrogen-bond acceptors (Lipinski definition) is 6. The third-order valence-electron chi connectivity index (χ3n) is 3.30. The third kappa shape index (κ3) is 38.1. The molecule has 0 N–H and O–H groups in total. The van der Waals surface area contributed by atoms with E-state index in [1.165, 1.54) is 3.57 Å². The molecule has 0 saturated carbocycles. The monoisotopic (exact) mass is 766 g/mol. The quantitative estimate of drug-likeness (QED) is 0.0705. The van der Waals surface area contributed by atoms with Crippen LogP contribution in [0.25, 0.3) is 0 Å². The van der Waals surface area contributed by atoms with Crippen LogP contribution in [-0.2, 0) is 30.8 Å². The fourth-order valence-corrected chi connectivity index (χ4v) is 2.68. The Kier molecular flexibility index (Phi) is 39.4. The summed E-state index contributed by atoms with van der Waals surface area (Å²) < 4.78 is 6.41. The van der Waals surface area contributed by atoms with E-state index in [2.05, 4.69) is 105 Å². The number of carbonyl (C=O) groups excluding carboxylic acids is 1. The molecule has 3 heterocycles. The summed E-state index contributed by atoms with van der Waals surface area (Å²) in [4.78, 5) is 11.2. The van der Waals surface area contributed by atoms with Crippen LogP contribution >= 0.6 is 22.6 Å². The number of rotatable bonds is 1. The van der Waals surface area contributed by atoms with Gasteiger partial charge in [-0.3, -0.25) is 23.5 Å². The van der Waals surface area contributed by atoms with Gasteiger partial charge in [0, 0.05) is 39.7 Å². The van der Waals surface area contributed by atoms with Crippen molar-refractivity contribution in [1.29, 1.82) is 0 Å². The summed E-state index contributed by atoms with van der Waals surface area (Å²) >= 11 is 2.22. The molecule has 0 atom stereocenters. The number of carbonyl (C=O) groups is 1. The number of aryl methyl sites for hydroxylation is 3. The van der Waals surface area contributed by atoms with Crippen LogP contribution in [-0.4, -0.2) is 52.0 Å². The van der Waals surface area contributed by atoms with Crippen molar-refractivity contribution in [3.8, 4) is 35.8 Å². The van der Waals surface area contributed by atoms with E-state index in [1.54, 1.807) is 32.6 Å². The van der Waals surface area contributed by atoms with Crippen molar-refractivity contribution in [3.05, 3.63) is 51.9 Å². The van der Waals surface area contributed by atoms with E-state index in [4.69, 9.17) is 22.9 Å². The Morgan fingerprint density at radius 1 is 0.878 bits per heavy atom. The second-order valence-corrected chi connectivity index (χ2v) is 20.2. The summed E-state index contributed by atoms with van der Waals surface area (Å²) in [5, 5.41) is 20.3. The van der Waals surface area contributed by atoms with Crippen molar-refractivity contribution >= 4 is 45.2 Å². The Labute approximate surface area is 348 Å². The fourth-order valence-electron chi connectivity index (χ4n) is 1.63. The second-order valence-electron chi connectivity index (χ2n) is 9.37. The molecule has 0 bridgehead atoms. The molecule has 218 valence electrons. The fraction of sp³-hybridized carbons (Fsp3) is 0.385. The van der Waals surface area contributed by atoms with Gasteiger partial charge in [-0.1, -0.05) is 58.5 Å². The zero-order valence-electron chi connectivity index (χ0n) is 26.4. The Balaban J connectivity index is -0.0000000737. The predicted molar refractivity (Wildman–Crippen MR) is 170 cm³/mol. The minimum absolute atomic E-state index is 0. The molecule has 3 rings (SSSR count). The molecule has 0 spiro atoms. The number of halogens is 2. The predicted octanol–water partition coefficient (Wildman–Crippen LogP) is -2.08. The van der Waals surface area contributed by atoms with E-state index in [0.717, 1.165) is 11.1 Å². The Bertz CT molecular complexity index is 1210. The molecule has 0 aliphatic heterocycles. The maximum absolute atomic E-state index is 8.64. The minimum Gasteiger partial charge on any atom is -1.00 e. The van der Waals surface area contributed by atoms with E-state index < -0.39 is 16.1 Å². The van der Waals surface area contributed by atoms with Gasteiger partial charge in [0.05, 0.1) is 33.3 Å². The standard InChI is InChI=1S/C9H14N2Si.C6H6N2.C5H10Si.C4H5IN2.CH2O3.CH4.FH.2K.H/c1-11-8-9(7-10-11)5-6-12(2,3)4;1-3-6-4-7-8(2)5-6;1-5-6(2,3)4;1-7-3-4(5)2-6-7;2-1-4-3;;;;;/h7-8H,1-4H3;1,4-5H,2H3;1H,2-4H3;2-3H,1H3;1,3H;1H4;1H;;;/q;;;;;;;2*+1;-1/p-1. The Morgan fingerprint density at radius 2 is 1.24 bits per heavy atom. The summed E-state index contributed by atoms with van der Waals surface area (Å²) in [5.41, 5.74) is 7.87. The van der Waals surface area contributed by atoms with Gasteiger partial charge in [-0.15, -0.1) is 23.9 Å². The summed E-state index contributed by atoms with van der Waals surface area (Å²) in [7, 11) is 3.31. The van der Waals surface area contributed by atoms with Crippen molar-refractivity contribution in [3.63, 3.8) is 0 Å².